The van der Waals surface area contributed by atoms with Gasteiger partial charge < -0.3 is 0 Å². The second kappa shape index (κ2) is 7.21. The van der Waals surface area contributed by atoms with Crippen LogP contribution in [0.1, 0.15) is 24.0 Å². The lowest BCUT2D eigenvalue weighted by molar-refractivity contribution is 0.249. The van der Waals surface area contributed by atoms with E-state index in [1.807, 2.05) is 12.1 Å². The molecule has 0 N–H and O–H groups in total. The maximum absolute atomic E-state index is 13.4. The molecule has 1 aliphatic heterocycles. The maximum Gasteiger partial charge on any atom is 0.123 e. The number of nitriles is 1. The quantitative estimate of drug-likeness (QED) is 0.786. The number of nitrogens with zero attached hydrogens (tertiary/aromatic N) is 2. The van der Waals surface area contributed by atoms with E-state index in [0.717, 1.165) is 38.0 Å². The molecule has 3 rings (SSSR count). The van der Waals surface area contributed by atoms with Gasteiger partial charge in [0.15, 0.2) is 0 Å². The van der Waals surface area contributed by atoms with Crippen LogP contribution < -0.4 is 0 Å². The Labute approximate surface area is 136 Å². The molecule has 2 aromatic rings. The third-order valence-electron chi connectivity index (χ3n) is 4.29. The number of likely N-dealkylation sites (tertiary alicyclic amines) is 1. The first-order chi connectivity index (χ1) is 11.3. The van der Waals surface area contributed by atoms with Crippen molar-refractivity contribution in [1.29, 1.82) is 5.26 Å². The first-order valence-electron chi connectivity index (χ1n) is 7.90. The van der Waals surface area contributed by atoms with Gasteiger partial charge >= 0.3 is 0 Å². The van der Waals surface area contributed by atoms with Crippen molar-refractivity contribution in [2.24, 2.45) is 0 Å². The fraction of sp³-hybridized carbons (Fsp3) is 0.250. The summed E-state index contributed by atoms with van der Waals surface area (Å²) in [6, 6.07) is 19.0. The first kappa shape index (κ1) is 15.5. The minimum atomic E-state index is -0.294. The lowest BCUT2D eigenvalue weighted by Crippen LogP contribution is -2.30. The van der Waals surface area contributed by atoms with E-state index in [0.29, 0.717) is 11.1 Å². The second-order valence-corrected chi connectivity index (χ2v) is 5.86. The summed E-state index contributed by atoms with van der Waals surface area (Å²) in [6.07, 6.45) is 1.73. The number of piperidine rings is 1. The Morgan fingerprint density at radius 1 is 1.04 bits per heavy atom. The topological polar surface area (TPSA) is 27.0 Å². The van der Waals surface area contributed by atoms with Crippen molar-refractivity contribution in [3.63, 3.8) is 0 Å². The Balaban J connectivity index is 1.70. The smallest absolute Gasteiger partial charge is 0.123 e. The van der Waals surface area contributed by atoms with Gasteiger partial charge in [-0.3, -0.25) is 4.90 Å². The average Bonchev–Trinajstić information content (AvgIpc) is 2.58. The van der Waals surface area contributed by atoms with Gasteiger partial charge in [0.2, 0.25) is 0 Å². The van der Waals surface area contributed by atoms with E-state index in [2.05, 4.69) is 35.2 Å². The zero-order valence-electron chi connectivity index (χ0n) is 13.0. The Kier molecular flexibility index (Phi) is 4.85. The third kappa shape index (κ3) is 3.85. The van der Waals surface area contributed by atoms with E-state index in [1.165, 1.54) is 17.7 Å². The molecule has 0 aliphatic carbocycles. The van der Waals surface area contributed by atoms with Gasteiger partial charge in [-0.15, -0.1) is 0 Å². The largest absolute Gasteiger partial charge is 0.298 e. The molecule has 116 valence electrons. The van der Waals surface area contributed by atoms with Gasteiger partial charge in [0.05, 0.1) is 11.6 Å². The molecule has 0 saturated carbocycles. The maximum atomic E-state index is 13.4. The molecular weight excluding hydrogens is 287 g/mol. The molecule has 0 aromatic heterocycles. The molecule has 3 heteroatoms. The number of allylic oxidation sites excluding steroid dienone is 1. The molecule has 0 spiro atoms. The van der Waals surface area contributed by atoms with E-state index in [4.69, 9.17) is 0 Å². The summed E-state index contributed by atoms with van der Waals surface area (Å²) in [5.41, 5.74) is 3.79. The fourth-order valence-electron chi connectivity index (χ4n) is 3.06. The van der Waals surface area contributed by atoms with Crippen LogP contribution in [-0.4, -0.2) is 18.0 Å². The van der Waals surface area contributed by atoms with Crippen LogP contribution in [0.4, 0.5) is 4.39 Å². The van der Waals surface area contributed by atoms with E-state index >= 15 is 0 Å². The number of benzene rings is 2. The molecule has 1 saturated heterocycles. The summed E-state index contributed by atoms with van der Waals surface area (Å²) in [7, 11) is 0. The molecule has 1 fully saturated rings. The van der Waals surface area contributed by atoms with Gasteiger partial charge in [-0.1, -0.05) is 42.5 Å². The Morgan fingerprint density at radius 2 is 1.78 bits per heavy atom. The number of hydrogen-bond acceptors (Lipinski definition) is 2. The average molecular weight is 306 g/mol. The monoisotopic (exact) mass is 306 g/mol. The Hall–Kier alpha value is -2.44. The SMILES string of the molecule is N#CC(=C1CCN(Cc2ccccc2)CC1)c1cccc(F)c1. The van der Waals surface area contributed by atoms with Crippen molar-refractivity contribution >= 4 is 5.57 Å². The summed E-state index contributed by atoms with van der Waals surface area (Å²) in [5, 5.41) is 9.48. The number of rotatable bonds is 3. The van der Waals surface area contributed by atoms with Gasteiger partial charge in [-0.05, 0) is 41.7 Å². The van der Waals surface area contributed by atoms with Crippen molar-refractivity contribution in [2.45, 2.75) is 19.4 Å². The van der Waals surface area contributed by atoms with Gasteiger partial charge in [0.25, 0.3) is 0 Å². The van der Waals surface area contributed by atoms with Crippen LogP contribution in [0, 0.1) is 17.1 Å². The summed E-state index contributed by atoms with van der Waals surface area (Å²) < 4.78 is 13.4. The van der Waals surface area contributed by atoms with Crippen LogP contribution in [0.2, 0.25) is 0 Å². The van der Waals surface area contributed by atoms with Crippen molar-refractivity contribution < 1.29 is 4.39 Å². The zero-order chi connectivity index (χ0) is 16.1. The normalized spacial score (nSPS) is 15.2. The van der Waals surface area contributed by atoms with Crippen molar-refractivity contribution in [1.82, 2.24) is 4.90 Å². The van der Waals surface area contributed by atoms with Crippen LogP contribution in [0.15, 0.2) is 60.2 Å². The molecule has 2 aromatic carbocycles. The summed E-state index contributed by atoms with van der Waals surface area (Å²) in [5.74, 6) is -0.294. The van der Waals surface area contributed by atoms with Crippen molar-refractivity contribution in [3.8, 4) is 6.07 Å². The minimum absolute atomic E-state index is 0.294. The van der Waals surface area contributed by atoms with Crippen LogP contribution in [0.5, 0.6) is 0 Å². The van der Waals surface area contributed by atoms with Crippen LogP contribution in [-0.2, 0) is 6.54 Å². The second-order valence-electron chi connectivity index (χ2n) is 5.86. The van der Waals surface area contributed by atoms with E-state index in [-0.39, 0.29) is 5.82 Å². The van der Waals surface area contributed by atoms with Crippen LogP contribution in [0.25, 0.3) is 5.57 Å². The summed E-state index contributed by atoms with van der Waals surface area (Å²) in [4.78, 5) is 2.40. The molecule has 1 heterocycles. The van der Waals surface area contributed by atoms with E-state index in [1.54, 1.807) is 6.07 Å². The summed E-state index contributed by atoms with van der Waals surface area (Å²) >= 11 is 0. The number of halogens is 1. The highest BCUT2D eigenvalue weighted by Gasteiger charge is 2.18. The fourth-order valence-corrected chi connectivity index (χ4v) is 3.06. The van der Waals surface area contributed by atoms with Crippen LogP contribution >= 0.6 is 0 Å². The molecule has 1 aliphatic rings. The van der Waals surface area contributed by atoms with Gasteiger partial charge in [-0.2, -0.15) is 5.26 Å². The lowest BCUT2D eigenvalue weighted by atomic mass is 9.93. The highest BCUT2D eigenvalue weighted by molar-refractivity contribution is 5.79. The highest BCUT2D eigenvalue weighted by Crippen LogP contribution is 2.27. The Bertz CT molecular complexity index is 734. The molecule has 0 radical (unpaired) electrons. The minimum Gasteiger partial charge on any atom is -0.298 e. The summed E-state index contributed by atoms with van der Waals surface area (Å²) in [6.45, 7) is 2.81. The Morgan fingerprint density at radius 3 is 2.43 bits per heavy atom. The van der Waals surface area contributed by atoms with Gasteiger partial charge in [0.1, 0.15) is 5.82 Å². The zero-order valence-corrected chi connectivity index (χ0v) is 13.0. The van der Waals surface area contributed by atoms with Gasteiger partial charge in [-0.25, -0.2) is 4.39 Å². The van der Waals surface area contributed by atoms with E-state index in [9.17, 15) is 9.65 Å². The molecule has 2 nitrogen and oxygen atoms in total. The molecule has 0 unspecified atom stereocenters. The third-order valence-corrected chi connectivity index (χ3v) is 4.29. The predicted molar refractivity (Wildman–Crippen MR) is 89.9 cm³/mol. The molecular formula is C20H19FN2. The van der Waals surface area contributed by atoms with Crippen molar-refractivity contribution in [2.75, 3.05) is 13.1 Å². The van der Waals surface area contributed by atoms with Gasteiger partial charge in [0, 0.05) is 19.6 Å². The lowest BCUT2D eigenvalue weighted by Gasteiger charge is -2.29. The first-order valence-corrected chi connectivity index (χ1v) is 7.90. The predicted octanol–water partition coefficient (Wildman–Crippen LogP) is 4.40. The number of hydrogen-bond donors (Lipinski definition) is 0. The van der Waals surface area contributed by atoms with Crippen LogP contribution in [0.3, 0.4) is 0 Å². The molecule has 0 bridgehead atoms. The molecule has 0 atom stereocenters. The highest BCUT2D eigenvalue weighted by atomic mass is 19.1. The van der Waals surface area contributed by atoms with E-state index < -0.39 is 0 Å². The standard InChI is InChI=1S/C20H19FN2/c21-19-8-4-7-18(13-19)20(14-22)17-9-11-23(12-10-17)15-16-5-2-1-3-6-16/h1-8,13H,9-12,15H2. The molecule has 0 amide bonds. The molecule has 23 heavy (non-hydrogen) atoms. The van der Waals surface area contributed by atoms with Crippen molar-refractivity contribution in [3.05, 3.63) is 77.1 Å².